The van der Waals surface area contributed by atoms with Gasteiger partial charge in [0.25, 0.3) is 5.56 Å². The average molecular weight is 336 g/mol. The van der Waals surface area contributed by atoms with E-state index in [2.05, 4.69) is 4.98 Å². The minimum absolute atomic E-state index is 0.130. The third-order valence-electron chi connectivity index (χ3n) is 3.66. The third kappa shape index (κ3) is 3.74. The number of ether oxygens (including phenoxy) is 1. The van der Waals surface area contributed by atoms with Crippen LogP contribution in [0.15, 0.2) is 15.9 Å². The maximum atomic E-state index is 12.5. The molecule has 2 heterocycles. The lowest BCUT2D eigenvalue weighted by Crippen LogP contribution is -2.39. The Balaban J connectivity index is 2.09. The van der Waals surface area contributed by atoms with Crippen LogP contribution >= 0.6 is 0 Å². The zero-order chi connectivity index (χ0) is 18.1. The number of carbonyl (C=O) groups is 1. The fourth-order valence-electron chi connectivity index (χ4n) is 2.49. The van der Waals surface area contributed by atoms with Gasteiger partial charge in [0.05, 0.1) is 19.4 Å². The van der Waals surface area contributed by atoms with Crippen molar-refractivity contribution in [2.45, 2.75) is 40.2 Å². The normalized spacial score (nSPS) is 11.9. The number of carbonyl (C=O) groups excluding carboxylic acids is 1. The van der Waals surface area contributed by atoms with Gasteiger partial charge in [-0.15, -0.1) is 0 Å². The van der Waals surface area contributed by atoms with Gasteiger partial charge in [-0.2, -0.15) is 0 Å². The first kappa shape index (κ1) is 18.0. The van der Waals surface area contributed by atoms with E-state index in [1.54, 1.807) is 18.7 Å². The van der Waals surface area contributed by atoms with Crippen LogP contribution in [0.2, 0.25) is 0 Å². The molecule has 0 amide bonds. The average Bonchev–Trinajstić information content (AvgIpc) is 2.84. The van der Waals surface area contributed by atoms with E-state index in [9.17, 15) is 14.4 Å². The number of rotatable bonds is 5. The maximum Gasteiger partial charge on any atom is 0.332 e. The fourth-order valence-corrected chi connectivity index (χ4v) is 2.49. The summed E-state index contributed by atoms with van der Waals surface area (Å²) in [6.45, 7) is 6.24. The van der Waals surface area contributed by atoms with Gasteiger partial charge in [0.15, 0.2) is 11.2 Å². The van der Waals surface area contributed by atoms with Gasteiger partial charge in [-0.3, -0.25) is 18.7 Å². The minimum Gasteiger partial charge on any atom is -0.466 e. The van der Waals surface area contributed by atoms with Crippen molar-refractivity contribution in [2.75, 3.05) is 6.61 Å². The second kappa shape index (κ2) is 6.62. The number of fused-ring (bicyclic) bond motifs is 1. The highest BCUT2D eigenvalue weighted by Gasteiger charge is 2.17. The fraction of sp³-hybridized carbons (Fsp3) is 0.625. The lowest BCUT2D eigenvalue weighted by atomic mass is 9.92. The molecule has 0 radical (unpaired) electrons. The Morgan fingerprint density at radius 3 is 2.54 bits per heavy atom. The van der Waals surface area contributed by atoms with Crippen molar-refractivity contribution in [1.29, 1.82) is 0 Å². The smallest absolute Gasteiger partial charge is 0.332 e. The Morgan fingerprint density at radius 1 is 1.25 bits per heavy atom. The summed E-state index contributed by atoms with van der Waals surface area (Å²) in [5.41, 5.74) is -0.197. The first-order valence-electron chi connectivity index (χ1n) is 7.88. The molecule has 0 saturated heterocycles. The highest BCUT2D eigenvalue weighted by atomic mass is 16.5. The third-order valence-corrected chi connectivity index (χ3v) is 3.66. The van der Waals surface area contributed by atoms with Gasteiger partial charge in [-0.25, -0.2) is 9.78 Å². The SMILES string of the molecule is Cn1cnc2c1c(=O)n(CCCOC(=O)CC(C)(C)C)c(=O)n2C. The molecule has 0 N–H and O–H groups in total. The minimum atomic E-state index is -0.424. The Bertz CT molecular complexity index is 867. The Labute approximate surface area is 139 Å². The van der Waals surface area contributed by atoms with E-state index in [0.717, 1.165) is 4.57 Å². The second-order valence-corrected chi connectivity index (χ2v) is 7.14. The molecule has 0 bridgehead atoms. The van der Waals surface area contributed by atoms with Crippen molar-refractivity contribution < 1.29 is 9.53 Å². The van der Waals surface area contributed by atoms with Crippen LogP contribution in [0.3, 0.4) is 0 Å². The monoisotopic (exact) mass is 336 g/mol. The van der Waals surface area contributed by atoms with E-state index in [1.165, 1.54) is 10.9 Å². The second-order valence-electron chi connectivity index (χ2n) is 7.14. The molecule has 0 unspecified atom stereocenters. The van der Waals surface area contributed by atoms with Crippen molar-refractivity contribution in [1.82, 2.24) is 18.7 Å². The summed E-state index contributed by atoms with van der Waals surface area (Å²) < 4.78 is 9.26. The molecule has 0 aromatic carbocycles. The molecule has 0 aliphatic heterocycles. The topological polar surface area (TPSA) is 88.1 Å². The van der Waals surface area contributed by atoms with Crippen LogP contribution in [0.25, 0.3) is 11.2 Å². The highest BCUT2D eigenvalue weighted by Crippen LogP contribution is 2.18. The van der Waals surface area contributed by atoms with Gasteiger partial charge in [0, 0.05) is 20.6 Å². The van der Waals surface area contributed by atoms with E-state index in [-0.39, 0.29) is 30.1 Å². The number of imidazole rings is 1. The summed E-state index contributed by atoms with van der Waals surface area (Å²) in [5.74, 6) is -0.273. The van der Waals surface area contributed by atoms with Gasteiger partial charge < -0.3 is 9.30 Å². The summed E-state index contributed by atoms with van der Waals surface area (Å²) in [4.78, 5) is 40.5. The van der Waals surface area contributed by atoms with Gasteiger partial charge in [0.2, 0.25) is 0 Å². The van der Waals surface area contributed by atoms with Crippen LogP contribution < -0.4 is 11.2 Å². The standard InChI is InChI=1S/C16H24N4O4/c1-16(2,3)9-11(21)24-8-6-7-20-14(22)12-13(17-10-18(12)4)19(5)15(20)23/h10H,6-9H2,1-5H3. The molecule has 0 aliphatic rings. The molecule has 0 atom stereocenters. The van der Waals surface area contributed by atoms with Crippen molar-refractivity contribution in [3.8, 4) is 0 Å². The number of aryl methyl sites for hydroxylation is 2. The summed E-state index contributed by atoms with van der Waals surface area (Å²) in [7, 11) is 3.29. The van der Waals surface area contributed by atoms with Gasteiger partial charge in [-0.05, 0) is 11.8 Å². The summed E-state index contributed by atoms with van der Waals surface area (Å²) >= 11 is 0. The molecule has 2 aromatic rings. The molecular weight excluding hydrogens is 312 g/mol. The van der Waals surface area contributed by atoms with E-state index in [0.29, 0.717) is 24.0 Å². The first-order chi connectivity index (χ1) is 11.1. The zero-order valence-electron chi connectivity index (χ0n) is 14.8. The molecule has 8 nitrogen and oxygen atoms in total. The Morgan fingerprint density at radius 2 is 1.92 bits per heavy atom. The predicted molar refractivity (Wildman–Crippen MR) is 89.9 cm³/mol. The molecule has 0 fully saturated rings. The number of aromatic nitrogens is 4. The Kier molecular flexibility index (Phi) is 4.96. The van der Waals surface area contributed by atoms with E-state index in [1.807, 2.05) is 20.8 Å². The van der Waals surface area contributed by atoms with Gasteiger partial charge in [-0.1, -0.05) is 20.8 Å². The van der Waals surface area contributed by atoms with Crippen molar-refractivity contribution in [2.24, 2.45) is 19.5 Å². The van der Waals surface area contributed by atoms with Crippen LogP contribution in [0.5, 0.6) is 0 Å². The van der Waals surface area contributed by atoms with Crippen LogP contribution in [0.1, 0.15) is 33.6 Å². The Hall–Kier alpha value is -2.38. The van der Waals surface area contributed by atoms with E-state index in [4.69, 9.17) is 4.74 Å². The summed E-state index contributed by atoms with van der Waals surface area (Å²) in [6.07, 6.45) is 2.23. The maximum absolute atomic E-state index is 12.5. The molecule has 2 aromatic heterocycles. The van der Waals surface area contributed by atoms with Crippen molar-refractivity contribution >= 4 is 17.1 Å². The largest absolute Gasteiger partial charge is 0.466 e. The number of hydrogen-bond acceptors (Lipinski definition) is 5. The summed E-state index contributed by atoms with van der Waals surface area (Å²) in [5, 5.41) is 0. The number of nitrogens with zero attached hydrogens (tertiary/aromatic N) is 4. The molecule has 8 heteroatoms. The molecule has 2 rings (SSSR count). The number of hydrogen-bond donors (Lipinski definition) is 0. The van der Waals surface area contributed by atoms with Crippen LogP contribution in [0.4, 0.5) is 0 Å². The van der Waals surface area contributed by atoms with Crippen molar-refractivity contribution in [3.63, 3.8) is 0 Å². The highest BCUT2D eigenvalue weighted by molar-refractivity contribution is 5.70. The molecular formula is C16H24N4O4. The van der Waals surface area contributed by atoms with Crippen LogP contribution in [-0.2, 0) is 30.2 Å². The molecule has 132 valence electrons. The lowest BCUT2D eigenvalue weighted by Gasteiger charge is -2.16. The molecule has 0 aliphatic carbocycles. The quantitative estimate of drug-likeness (QED) is 0.595. The molecule has 0 spiro atoms. The predicted octanol–water partition coefficient (Wildman–Crippen LogP) is 0.803. The molecule has 0 saturated carbocycles. The van der Waals surface area contributed by atoms with Gasteiger partial charge >= 0.3 is 11.7 Å². The van der Waals surface area contributed by atoms with Crippen LogP contribution in [0, 0.1) is 5.41 Å². The van der Waals surface area contributed by atoms with Crippen LogP contribution in [-0.4, -0.2) is 31.3 Å². The van der Waals surface area contributed by atoms with Gasteiger partial charge in [0.1, 0.15) is 0 Å². The van der Waals surface area contributed by atoms with Crippen molar-refractivity contribution in [3.05, 3.63) is 27.2 Å². The molecule has 24 heavy (non-hydrogen) atoms. The summed E-state index contributed by atoms with van der Waals surface area (Å²) in [6, 6.07) is 0. The lowest BCUT2D eigenvalue weighted by molar-refractivity contribution is -0.145. The van der Waals surface area contributed by atoms with E-state index < -0.39 is 5.69 Å². The number of esters is 1. The van der Waals surface area contributed by atoms with E-state index >= 15 is 0 Å². The zero-order valence-corrected chi connectivity index (χ0v) is 14.8. The first-order valence-corrected chi connectivity index (χ1v) is 7.88.